The van der Waals surface area contributed by atoms with Gasteiger partial charge in [-0.05, 0) is 79.9 Å². The molecule has 0 amide bonds. The molecule has 316 valence electrons. The molecule has 4 aromatic carbocycles. The molecular formula is C41H47F6N3O6S2. The van der Waals surface area contributed by atoms with Gasteiger partial charge in [-0.15, -0.1) is 0 Å². The Balaban J connectivity index is 0.000000194. The van der Waals surface area contributed by atoms with Gasteiger partial charge in [-0.2, -0.15) is 26.3 Å². The van der Waals surface area contributed by atoms with Gasteiger partial charge in [-0.1, -0.05) is 47.8 Å². The number of epoxide rings is 1. The van der Waals surface area contributed by atoms with Crippen LogP contribution in [0.3, 0.4) is 0 Å². The second kappa shape index (κ2) is 21.1. The SMILES string of the molecule is FC(F)(F)c1ccc2c(c1)N(CC1CO1)c1ccccc1S2.OCCCCCO.OCCN(CCO)CC(O)CN1c2ccccc2Sc2ccc(C(F)(F)F)cc21. The number of nitrogens with zero attached hydrogens (tertiary/aromatic N) is 3. The van der Waals surface area contributed by atoms with E-state index < -0.39 is 29.6 Å². The van der Waals surface area contributed by atoms with Crippen LogP contribution in [0.25, 0.3) is 0 Å². The number of para-hydroxylation sites is 2. The largest absolute Gasteiger partial charge is 0.416 e. The first-order chi connectivity index (χ1) is 27.8. The lowest BCUT2D eigenvalue weighted by Gasteiger charge is -2.35. The number of hydrogen-bond donors (Lipinski definition) is 5. The molecule has 0 saturated carbocycles. The highest BCUT2D eigenvalue weighted by atomic mass is 32.2. The summed E-state index contributed by atoms with van der Waals surface area (Å²) in [6.45, 7) is 2.35. The minimum Gasteiger partial charge on any atom is -0.396 e. The number of ether oxygens (including phenoxy) is 1. The second-order valence-corrected chi connectivity index (χ2v) is 15.8. The molecule has 0 spiro atoms. The van der Waals surface area contributed by atoms with Crippen molar-refractivity contribution in [3.8, 4) is 0 Å². The van der Waals surface area contributed by atoms with Crippen molar-refractivity contribution in [2.45, 2.75) is 63.4 Å². The van der Waals surface area contributed by atoms with Crippen molar-refractivity contribution in [2.75, 3.05) is 75.6 Å². The molecule has 2 atom stereocenters. The number of benzene rings is 4. The van der Waals surface area contributed by atoms with Crippen LogP contribution in [-0.2, 0) is 17.1 Å². The number of fused-ring (bicyclic) bond motifs is 4. The van der Waals surface area contributed by atoms with Crippen molar-refractivity contribution in [3.05, 3.63) is 96.1 Å². The highest BCUT2D eigenvalue weighted by Crippen LogP contribution is 2.51. The van der Waals surface area contributed by atoms with Gasteiger partial charge < -0.3 is 40.1 Å². The average molecular weight is 856 g/mol. The van der Waals surface area contributed by atoms with Gasteiger partial charge in [-0.3, -0.25) is 4.90 Å². The molecule has 3 aliphatic rings. The van der Waals surface area contributed by atoms with Crippen molar-refractivity contribution in [3.63, 3.8) is 0 Å². The van der Waals surface area contributed by atoms with E-state index in [1.165, 1.54) is 35.7 Å². The normalized spacial score (nSPS) is 15.9. The van der Waals surface area contributed by atoms with Crippen molar-refractivity contribution >= 4 is 46.3 Å². The molecule has 58 heavy (non-hydrogen) atoms. The van der Waals surface area contributed by atoms with E-state index in [0.717, 1.165) is 63.5 Å². The van der Waals surface area contributed by atoms with E-state index in [-0.39, 0.29) is 45.6 Å². The molecule has 5 N–H and O–H groups in total. The lowest BCUT2D eigenvalue weighted by molar-refractivity contribution is -0.138. The number of anilines is 4. The summed E-state index contributed by atoms with van der Waals surface area (Å²) in [5.74, 6) is 0. The minimum atomic E-state index is -4.46. The van der Waals surface area contributed by atoms with Crippen LogP contribution < -0.4 is 9.80 Å². The Morgan fingerprint density at radius 3 is 1.52 bits per heavy atom. The van der Waals surface area contributed by atoms with Gasteiger partial charge in [0.25, 0.3) is 0 Å². The van der Waals surface area contributed by atoms with Gasteiger partial charge in [0.1, 0.15) is 0 Å². The third-order valence-electron chi connectivity index (χ3n) is 9.21. The summed E-state index contributed by atoms with van der Waals surface area (Å²) in [4.78, 5) is 8.83. The maximum absolute atomic E-state index is 13.3. The van der Waals surface area contributed by atoms with E-state index in [1.807, 2.05) is 47.4 Å². The quantitative estimate of drug-likeness (QED) is 0.0485. The van der Waals surface area contributed by atoms with Crippen molar-refractivity contribution in [2.24, 2.45) is 0 Å². The van der Waals surface area contributed by atoms with E-state index in [2.05, 4.69) is 0 Å². The number of alkyl halides is 6. The molecule has 4 aromatic rings. The standard InChI is InChI=1S/C20H23F3N2O3S.C16H12F3NOS.C5H12O2/c21-20(22,23)14-5-6-19-17(11-14)25(16-3-1-2-4-18(16)29-19)13-15(28)12-24(7-9-26)8-10-27;17-16(18,19)10-5-6-15-13(7-10)20(8-11-9-21-11)12-3-1-2-4-14(12)22-15;6-4-2-1-3-5-7/h1-6,11,15,26-28H,7-10,12-13H2;1-7,11H,8-9H2;6-7H,1-5H2. The fourth-order valence-electron chi connectivity index (χ4n) is 6.33. The summed E-state index contributed by atoms with van der Waals surface area (Å²) in [5, 5.41) is 45.3. The topological polar surface area (TPSA) is 123 Å². The number of hydrogen-bond acceptors (Lipinski definition) is 11. The van der Waals surface area contributed by atoms with Crippen LogP contribution in [0.5, 0.6) is 0 Å². The highest BCUT2D eigenvalue weighted by Gasteiger charge is 2.36. The summed E-state index contributed by atoms with van der Waals surface area (Å²) in [6.07, 6.45) is -7.02. The molecule has 7 rings (SSSR count). The van der Waals surface area contributed by atoms with Crippen LogP contribution in [0.2, 0.25) is 0 Å². The number of halogens is 6. The van der Waals surface area contributed by atoms with Crippen molar-refractivity contribution in [1.82, 2.24) is 4.90 Å². The van der Waals surface area contributed by atoms with E-state index in [4.69, 9.17) is 25.2 Å². The predicted molar refractivity (Wildman–Crippen MR) is 212 cm³/mol. The maximum atomic E-state index is 13.3. The highest BCUT2D eigenvalue weighted by molar-refractivity contribution is 8.00. The molecule has 3 aliphatic heterocycles. The number of aliphatic hydroxyl groups is 5. The summed E-state index contributed by atoms with van der Waals surface area (Å²) < 4.78 is 84.1. The van der Waals surface area contributed by atoms with E-state index in [0.29, 0.717) is 42.5 Å². The van der Waals surface area contributed by atoms with Gasteiger partial charge >= 0.3 is 12.4 Å². The fraction of sp³-hybridized carbons (Fsp3) is 0.415. The Morgan fingerprint density at radius 1 is 0.621 bits per heavy atom. The van der Waals surface area contributed by atoms with Gasteiger partial charge in [-0.25, -0.2) is 0 Å². The van der Waals surface area contributed by atoms with Crippen LogP contribution in [0.15, 0.2) is 105 Å². The molecule has 0 aromatic heterocycles. The Labute approximate surface area is 341 Å². The van der Waals surface area contributed by atoms with Crippen LogP contribution in [0.1, 0.15) is 30.4 Å². The Bertz CT molecular complexity index is 1910. The zero-order chi connectivity index (χ0) is 41.9. The molecule has 2 unspecified atom stereocenters. The minimum absolute atomic E-state index is 0.0826. The third-order valence-corrected chi connectivity index (χ3v) is 11.5. The molecule has 17 heteroatoms. The van der Waals surface area contributed by atoms with Crippen molar-refractivity contribution < 1.29 is 56.6 Å². The number of β-amino-alcohol motifs (C(OH)–C–C–N with tert-alkyl or cyclic N) is 1. The molecule has 1 saturated heterocycles. The smallest absolute Gasteiger partial charge is 0.396 e. The van der Waals surface area contributed by atoms with Crippen LogP contribution in [0.4, 0.5) is 49.1 Å². The summed E-state index contributed by atoms with van der Waals surface area (Å²) in [7, 11) is 0. The molecule has 9 nitrogen and oxygen atoms in total. The number of rotatable bonds is 14. The van der Waals surface area contributed by atoms with Gasteiger partial charge in [0.2, 0.25) is 0 Å². The summed E-state index contributed by atoms with van der Waals surface area (Å²) >= 11 is 2.90. The average Bonchev–Trinajstić information content (AvgIpc) is 4.02. The molecule has 0 bridgehead atoms. The third kappa shape index (κ3) is 12.5. The molecule has 3 heterocycles. The van der Waals surface area contributed by atoms with Gasteiger partial charge in [0.05, 0.1) is 79.0 Å². The fourth-order valence-corrected chi connectivity index (χ4v) is 8.48. The van der Waals surface area contributed by atoms with E-state index in [1.54, 1.807) is 21.9 Å². The number of aliphatic hydroxyl groups excluding tert-OH is 5. The first kappa shape index (κ1) is 45.6. The van der Waals surface area contributed by atoms with Gasteiger partial charge in [0, 0.05) is 52.4 Å². The Morgan fingerprint density at radius 2 is 1.07 bits per heavy atom. The second-order valence-electron chi connectivity index (χ2n) is 13.6. The number of unbranched alkanes of at least 4 members (excludes halogenated alkanes) is 2. The van der Waals surface area contributed by atoms with Gasteiger partial charge in [0.15, 0.2) is 0 Å². The Kier molecular flexibility index (Phi) is 16.6. The lowest BCUT2D eigenvalue weighted by Crippen LogP contribution is -2.41. The Hall–Kier alpha value is -3.52. The zero-order valence-electron chi connectivity index (χ0n) is 31.5. The molecular weight excluding hydrogens is 809 g/mol. The molecule has 0 radical (unpaired) electrons. The summed E-state index contributed by atoms with van der Waals surface area (Å²) in [6, 6.07) is 22.7. The maximum Gasteiger partial charge on any atom is 0.416 e. The van der Waals surface area contributed by atoms with E-state index in [9.17, 15) is 31.4 Å². The summed E-state index contributed by atoms with van der Waals surface area (Å²) in [5.41, 5.74) is 1.33. The first-order valence-corrected chi connectivity index (χ1v) is 20.4. The zero-order valence-corrected chi connectivity index (χ0v) is 33.1. The van der Waals surface area contributed by atoms with Crippen LogP contribution in [0, 0.1) is 0 Å². The van der Waals surface area contributed by atoms with Crippen LogP contribution in [-0.4, -0.2) is 108 Å². The van der Waals surface area contributed by atoms with Crippen molar-refractivity contribution in [1.29, 1.82) is 0 Å². The molecule has 1 fully saturated rings. The monoisotopic (exact) mass is 855 g/mol. The van der Waals surface area contributed by atoms with Crippen LogP contribution >= 0.6 is 23.5 Å². The lowest BCUT2D eigenvalue weighted by atomic mass is 10.1. The first-order valence-electron chi connectivity index (χ1n) is 18.7. The molecule has 0 aliphatic carbocycles. The predicted octanol–water partition coefficient (Wildman–Crippen LogP) is 7.80. The van der Waals surface area contributed by atoms with E-state index >= 15 is 0 Å².